The molecule has 0 aliphatic rings. The smallest absolute Gasteiger partial charge is 0.208 e. The van der Waals surface area contributed by atoms with E-state index in [1.807, 2.05) is 6.92 Å². The van der Waals surface area contributed by atoms with Crippen molar-refractivity contribution in [3.05, 3.63) is 17.8 Å². The quantitative estimate of drug-likeness (QED) is 0.775. The lowest BCUT2D eigenvalue weighted by atomic mass is 10.2. The maximum absolute atomic E-state index is 8.58. The van der Waals surface area contributed by atoms with Crippen molar-refractivity contribution in [2.75, 3.05) is 0 Å². The number of hydrogen-bond acceptors (Lipinski definition) is 4. The zero-order valence-electron chi connectivity index (χ0n) is 9.29. The Morgan fingerprint density at radius 2 is 2.40 bits per heavy atom. The summed E-state index contributed by atoms with van der Waals surface area (Å²) in [5.41, 5.74) is 0. The first-order valence-electron chi connectivity index (χ1n) is 5.34. The molecule has 82 valence electrons. The third-order valence-electron chi connectivity index (χ3n) is 2.32. The number of hydrogen-bond donors (Lipinski definition) is 1. The molecule has 0 saturated carbocycles. The summed E-state index contributed by atoms with van der Waals surface area (Å²) in [7, 11) is 0. The summed E-state index contributed by atoms with van der Waals surface area (Å²) < 4.78 is 5.45. The second-order valence-electron chi connectivity index (χ2n) is 3.42. The summed E-state index contributed by atoms with van der Waals surface area (Å²) in [5, 5.41) is 11.8. The van der Waals surface area contributed by atoms with Crippen LogP contribution >= 0.6 is 0 Å². The van der Waals surface area contributed by atoms with Gasteiger partial charge in [-0.2, -0.15) is 5.26 Å². The Morgan fingerprint density at radius 3 is 2.93 bits per heavy atom. The minimum atomic E-state index is 0.229. The number of aryl methyl sites for hydroxylation is 1. The van der Waals surface area contributed by atoms with Crippen molar-refractivity contribution in [3.8, 4) is 6.07 Å². The predicted octanol–water partition coefficient (Wildman–Crippen LogP) is 2.02. The van der Waals surface area contributed by atoms with Crippen molar-refractivity contribution in [2.24, 2.45) is 0 Å². The Bertz CT molecular complexity index is 327. The predicted molar refractivity (Wildman–Crippen MR) is 57.0 cm³/mol. The van der Waals surface area contributed by atoms with Gasteiger partial charge in [0.05, 0.1) is 25.2 Å². The molecule has 1 atom stereocenters. The number of nitrogens with one attached hydrogen (secondary N) is 1. The van der Waals surface area contributed by atoms with Crippen LogP contribution in [-0.4, -0.2) is 11.0 Å². The fourth-order valence-corrected chi connectivity index (χ4v) is 1.30. The van der Waals surface area contributed by atoms with Crippen molar-refractivity contribution in [3.63, 3.8) is 0 Å². The molecule has 0 bridgehead atoms. The molecule has 4 heteroatoms. The maximum atomic E-state index is 8.58. The van der Waals surface area contributed by atoms with E-state index in [2.05, 4.69) is 23.3 Å². The first kappa shape index (κ1) is 11.7. The van der Waals surface area contributed by atoms with Gasteiger partial charge in [-0.1, -0.05) is 13.8 Å². The topological polar surface area (TPSA) is 61.9 Å². The Labute approximate surface area is 90.3 Å². The third kappa shape index (κ3) is 3.72. The number of nitriles is 1. The molecule has 1 aromatic heterocycles. The van der Waals surface area contributed by atoms with E-state index in [0.29, 0.717) is 18.9 Å². The van der Waals surface area contributed by atoms with Gasteiger partial charge in [0.1, 0.15) is 5.76 Å². The highest BCUT2D eigenvalue weighted by Gasteiger charge is 2.07. The summed E-state index contributed by atoms with van der Waals surface area (Å²) in [4.78, 5) is 4.14. The molecule has 0 aliphatic heterocycles. The molecule has 0 aromatic carbocycles. The zero-order valence-corrected chi connectivity index (χ0v) is 9.29. The molecule has 15 heavy (non-hydrogen) atoms. The molecular formula is C11H17N3O. The largest absolute Gasteiger partial charge is 0.444 e. The van der Waals surface area contributed by atoms with E-state index in [0.717, 1.165) is 18.6 Å². The Morgan fingerprint density at radius 1 is 1.60 bits per heavy atom. The second-order valence-corrected chi connectivity index (χ2v) is 3.42. The lowest BCUT2D eigenvalue weighted by Crippen LogP contribution is -2.27. The summed E-state index contributed by atoms with van der Waals surface area (Å²) in [5.74, 6) is 1.60. The fourth-order valence-electron chi connectivity index (χ4n) is 1.30. The van der Waals surface area contributed by atoms with Crippen LogP contribution in [0.3, 0.4) is 0 Å². The lowest BCUT2D eigenvalue weighted by Gasteiger charge is -2.11. The minimum Gasteiger partial charge on any atom is -0.444 e. The molecule has 1 unspecified atom stereocenters. The van der Waals surface area contributed by atoms with Crippen LogP contribution in [0.15, 0.2) is 10.6 Å². The SMILES string of the molecule is CCc1cnc(CNC(CC)CC#N)o1. The number of aromatic nitrogens is 1. The van der Waals surface area contributed by atoms with Gasteiger partial charge in [0.15, 0.2) is 0 Å². The van der Waals surface area contributed by atoms with E-state index >= 15 is 0 Å². The van der Waals surface area contributed by atoms with Gasteiger partial charge in [0.25, 0.3) is 0 Å². The van der Waals surface area contributed by atoms with Crippen LogP contribution in [0.2, 0.25) is 0 Å². The average molecular weight is 207 g/mol. The van der Waals surface area contributed by atoms with Crippen molar-refractivity contribution < 1.29 is 4.42 Å². The van der Waals surface area contributed by atoms with Crippen molar-refractivity contribution in [1.29, 1.82) is 5.26 Å². The molecule has 0 aliphatic carbocycles. The lowest BCUT2D eigenvalue weighted by molar-refractivity contribution is 0.410. The summed E-state index contributed by atoms with van der Waals surface area (Å²) >= 11 is 0. The van der Waals surface area contributed by atoms with E-state index in [1.54, 1.807) is 6.20 Å². The van der Waals surface area contributed by atoms with E-state index in [-0.39, 0.29) is 6.04 Å². The summed E-state index contributed by atoms with van der Waals surface area (Å²) in [6, 6.07) is 2.39. The van der Waals surface area contributed by atoms with Crippen molar-refractivity contribution in [2.45, 2.75) is 45.7 Å². The fraction of sp³-hybridized carbons (Fsp3) is 0.636. The molecule has 1 rings (SSSR count). The van der Waals surface area contributed by atoms with Gasteiger partial charge in [-0.15, -0.1) is 0 Å². The molecular weight excluding hydrogens is 190 g/mol. The van der Waals surface area contributed by atoms with Crippen LogP contribution in [-0.2, 0) is 13.0 Å². The number of oxazole rings is 1. The van der Waals surface area contributed by atoms with E-state index in [1.165, 1.54) is 0 Å². The van der Waals surface area contributed by atoms with Gasteiger partial charge in [0.2, 0.25) is 5.89 Å². The first-order valence-corrected chi connectivity index (χ1v) is 5.34. The Hall–Kier alpha value is -1.34. The zero-order chi connectivity index (χ0) is 11.1. The highest BCUT2D eigenvalue weighted by atomic mass is 16.4. The van der Waals surface area contributed by atoms with Crippen molar-refractivity contribution >= 4 is 0 Å². The minimum absolute atomic E-state index is 0.229. The molecule has 0 spiro atoms. The standard InChI is InChI=1S/C11H17N3O/c1-3-9(5-6-12)13-8-11-14-7-10(4-2)15-11/h7,9,13H,3-5,8H2,1-2H3. The van der Waals surface area contributed by atoms with Crippen LogP contribution < -0.4 is 5.32 Å². The molecule has 0 amide bonds. The monoisotopic (exact) mass is 207 g/mol. The Balaban J connectivity index is 2.38. The van der Waals surface area contributed by atoms with Crippen LogP contribution in [0.1, 0.15) is 38.3 Å². The van der Waals surface area contributed by atoms with Crippen molar-refractivity contribution in [1.82, 2.24) is 10.3 Å². The van der Waals surface area contributed by atoms with Gasteiger partial charge in [-0.3, -0.25) is 0 Å². The molecule has 1 N–H and O–H groups in total. The molecule has 0 fully saturated rings. The normalized spacial score (nSPS) is 12.3. The average Bonchev–Trinajstić information content (AvgIpc) is 2.72. The second kappa shape index (κ2) is 6.20. The Kier molecular flexibility index (Phi) is 4.85. The molecule has 0 saturated heterocycles. The highest BCUT2D eigenvalue weighted by molar-refractivity contribution is 4.93. The van der Waals surface area contributed by atoms with Crippen LogP contribution in [0, 0.1) is 11.3 Å². The third-order valence-corrected chi connectivity index (χ3v) is 2.32. The maximum Gasteiger partial charge on any atom is 0.208 e. The highest BCUT2D eigenvalue weighted by Crippen LogP contribution is 2.05. The van der Waals surface area contributed by atoms with E-state index in [4.69, 9.17) is 9.68 Å². The van der Waals surface area contributed by atoms with E-state index in [9.17, 15) is 0 Å². The van der Waals surface area contributed by atoms with Crippen LogP contribution in [0.4, 0.5) is 0 Å². The number of nitrogens with zero attached hydrogens (tertiary/aromatic N) is 2. The van der Waals surface area contributed by atoms with Crippen LogP contribution in [0.25, 0.3) is 0 Å². The van der Waals surface area contributed by atoms with Gasteiger partial charge >= 0.3 is 0 Å². The summed E-state index contributed by atoms with van der Waals surface area (Å²) in [6.07, 6.45) is 4.08. The van der Waals surface area contributed by atoms with Gasteiger partial charge in [-0.05, 0) is 6.42 Å². The van der Waals surface area contributed by atoms with E-state index < -0.39 is 0 Å². The van der Waals surface area contributed by atoms with Crippen LogP contribution in [0.5, 0.6) is 0 Å². The number of rotatable bonds is 6. The van der Waals surface area contributed by atoms with Gasteiger partial charge < -0.3 is 9.73 Å². The molecule has 0 radical (unpaired) electrons. The summed E-state index contributed by atoms with van der Waals surface area (Å²) in [6.45, 7) is 4.69. The van der Waals surface area contributed by atoms with Gasteiger partial charge in [0, 0.05) is 12.5 Å². The first-order chi connectivity index (χ1) is 7.30. The molecule has 4 nitrogen and oxygen atoms in total. The molecule has 1 heterocycles. The van der Waals surface area contributed by atoms with Gasteiger partial charge in [-0.25, -0.2) is 4.98 Å². The molecule has 1 aromatic rings.